The minimum atomic E-state index is 0.509. The highest BCUT2D eigenvalue weighted by Gasteiger charge is 2.22. The molecule has 3 aromatic rings. The molecule has 1 aliphatic rings. The van der Waals surface area contributed by atoms with Crippen LogP contribution in [0.15, 0.2) is 65.7 Å². The SMILES string of the molecule is c1cc(CN2CCC[C@H](c3ccncn3)C2)cc(-c2ccco2)c1. The third kappa shape index (κ3) is 3.39. The number of nitrogens with zero attached hydrogens (tertiary/aromatic N) is 3. The van der Waals surface area contributed by atoms with Crippen LogP contribution >= 0.6 is 0 Å². The number of hydrogen-bond acceptors (Lipinski definition) is 4. The van der Waals surface area contributed by atoms with Crippen molar-refractivity contribution in [1.29, 1.82) is 0 Å². The van der Waals surface area contributed by atoms with Gasteiger partial charge in [0.25, 0.3) is 0 Å². The number of aromatic nitrogens is 2. The summed E-state index contributed by atoms with van der Waals surface area (Å²) in [7, 11) is 0. The Morgan fingerprint density at radius 1 is 1.17 bits per heavy atom. The molecule has 0 N–H and O–H groups in total. The summed E-state index contributed by atoms with van der Waals surface area (Å²) >= 11 is 0. The van der Waals surface area contributed by atoms with Gasteiger partial charge in [-0.25, -0.2) is 9.97 Å². The zero-order chi connectivity index (χ0) is 16.2. The predicted octanol–water partition coefficient (Wildman–Crippen LogP) is 4.12. The smallest absolute Gasteiger partial charge is 0.133 e. The van der Waals surface area contributed by atoms with Crippen LogP contribution in [-0.2, 0) is 6.54 Å². The highest BCUT2D eigenvalue weighted by Crippen LogP contribution is 2.27. The molecule has 122 valence electrons. The molecule has 1 atom stereocenters. The highest BCUT2D eigenvalue weighted by molar-refractivity contribution is 5.58. The lowest BCUT2D eigenvalue weighted by atomic mass is 9.94. The summed E-state index contributed by atoms with van der Waals surface area (Å²) in [5, 5.41) is 0. The average molecular weight is 319 g/mol. The average Bonchev–Trinajstić information content (AvgIpc) is 3.18. The van der Waals surface area contributed by atoms with Gasteiger partial charge in [0.05, 0.1) is 6.26 Å². The summed E-state index contributed by atoms with van der Waals surface area (Å²) in [6.45, 7) is 3.17. The van der Waals surface area contributed by atoms with Crippen LogP contribution in [0.2, 0.25) is 0 Å². The Hall–Kier alpha value is -2.46. The van der Waals surface area contributed by atoms with Crippen LogP contribution < -0.4 is 0 Å². The molecule has 0 amide bonds. The molecule has 0 radical (unpaired) electrons. The van der Waals surface area contributed by atoms with Crippen LogP contribution in [0, 0.1) is 0 Å². The summed E-state index contributed by atoms with van der Waals surface area (Å²) in [5.74, 6) is 1.43. The van der Waals surface area contributed by atoms with Crippen molar-refractivity contribution in [2.75, 3.05) is 13.1 Å². The first-order valence-corrected chi connectivity index (χ1v) is 8.49. The van der Waals surface area contributed by atoms with Crippen LogP contribution in [0.1, 0.15) is 30.0 Å². The molecule has 1 aromatic carbocycles. The van der Waals surface area contributed by atoms with Crippen molar-refractivity contribution in [3.63, 3.8) is 0 Å². The monoisotopic (exact) mass is 319 g/mol. The van der Waals surface area contributed by atoms with E-state index < -0.39 is 0 Å². The van der Waals surface area contributed by atoms with Gasteiger partial charge >= 0.3 is 0 Å². The molecule has 24 heavy (non-hydrogen) atoms. The predicted molar refractivity (Wildman–Crippen MR) is 93.4 cm³/mol. The number of likely N-dealkylation sites (tertiary alicyclic amines) is 1. The molecular formula is C20H21N3O. The van der Waals surface area contributed by atoms with Gasteiger partial charge in [-0.2, -0.15) is 0 Å². The zero-order valence-electron chi connectivity index (χ0n) is 13.6. The molecule has 4 heteroatoms. The van der Waals surface area contributed by atoms with Crippen LogP contribution in [0.3, 0.4) is 0 Å². The van der Waals surface area contributed by atoms with E-state index in [1.54, 1.807) is 12.6 Å². The van der Waals surface area contributed by atoms with Gasteiger partial charge in [0, 0.05) is 36.5 Å². The maximum Gasteiger partial charge on any atom is 0.133 e. The first-order valence-electron chi connectivity index (χ1n) is 8.49. The number of benzene rings is 1. The Kier molecular flexibility index (Phi) is 4.38. The summed E-state index contributed by atoms with van der Waals surface area (Å²) in [6, 6.07) is 14.6. The van der Waals surface area contributed by atoms with Crippen molar-refractivity contribution in [2.45, 2.75) is 25.3 Å². The molecule has 1 fully saturated rings. The lowest BCUT2D eigenvalue weighted by Gasteiger charge is -2.32. The third-order valence-corrected chi connectivity index (χ3v) is 4.67. The van der Waals surface area contributed by atoms with Crippen molar-refractivity contribution in [3.05, 3.63) is 72.5 Å². The van der Waals surface area contributed by atoms with E-state index in [0.29, 0.717) is 5.92 Å². The van der Waals surface area contributed by atoms with Crippen molar-refractivity contribution in [1.82, 2.24) is 14.9 Å². The molecule has 4 rings (SSSR count). The van der Waals surface area contributed by atoms with E-state index in [1.165, 1.54) is 24.1 Å². The molecule has 1 saturated heterocycles. The van der Waals surface area contributed by atoms with Crippen LogP contribution in [0.5, 0.6) is 0 Å². The van der Waals surface area contributed by atoms with Crippen LogP contribution in [0.4, 0.5) is 0 Å². The van der Waals surface area contributed by atoms with Gasteiger partial charge in [-0.1, -0.05) is 18.2 Å². The van der Waals surface area contributed by atoms with Crippen LogP contribution in [0.25, 0.3) is 11.3 Å². The molecule has 0 bridgehead atoms. The second-order valence-corrected chi connectivity index (χ2v) is 6.39. The molecule has 1 aliphatic heterocycles. The van der Waals surface area contributed by atoms with Gasteiger partial charge in [-0.15, -0.1) is 0 Å². The normalized spacial score (nSPS) is 18.6. The largest absolute Gasteiger partial charge is 0.464 e. The second-order valence-electron chi connectivity index (χ2n) is 6.39. The summed E-state index contributed by atoms with van der Waals surface area (Å²) in [4.78, 5) is 11.0. The topological polar surface area (TPSA) is 42.2 Å². The van der Waals surface area contributed by atoms with E-state index in [2.05, 4.69) is 39.1 Å². The Balaban J connectivity index is 1.46. The minimum Gasteiger partial charge on any atom is -0.464 e. The summed E-state index contributed by atoms with van der Waals surface area (Å²) in [5.41, 5.74) is 3.63. The van der Waals surface area contributed by atoms with E-state index in [9.17, 15) is 0 Å². The quantitative estimate of drug-likeness (QED) is 0.725. The Morgan fingerprint density at radius 2 is 2.17 bits per heavy atom. The standard InChI is InChI=1S/C20H21N3O/c1-4-16(12-17(5-1)20-7-3-11-24-20)13-23-10-2-6-18(14-23)19-8-9-21-15-22-19/h1,3-5,7-9,11-12,15,18H,2,6,10,13-14H2/t18-/m0/s1. The minimum absolute atomic E-state index is 0.509. The Labute approximate surface area is 142 Å². The molecule has 0 unspecified atom stereocenters. The maximum absolute atomic E-state index is 5.51. The van der Waals surface area contributed by atoms with Crippen molar-refractivity contribution in [2.24, 2.45) is 0 Å². The lowest BCUT2D eigenvalue weighted by molar-refractivity contribution is 0.198. The number of furan rings is 1. The highest BCUT2D eigenvalue weighted by atomic mass is 16.3. The third-order valence-electron chi connectivity index (χ3n) is 4.67. The molecule has 0 saturated carbocycles. The van der Waals surface area contributed by atoms with Crippen LogP contribution in [-0.4, -0.2) is 28.0 Å². The first kappa shape index (κ1) is 15.1. The molecular weight excluding hydrogens is 298 g/mol. The fourth-order valence-electron chi connectivity index (χ4n) is 3.51. The molecule has 2 aromatic heterocycles. The van der Waals surface area contributed by atoms with Crippen molar-refractivity contribution in [3.8, 4) is 11.3 Å². The number of hydrogen-bond donors (Lipinski definition) is 0. The Bertz CT molecular complexity index is 771. The van der Waals surface area contributed by atoms with E-state index in [0.717, 1.165) is 31.0 Å². The number of piperidine rings is 1. The summed E-state index contributed by atoms with van der Waals surface area (Å²) < 4.78 is 5.51. The van der Waals surface area contributed by atoms with E-state index in [-0.39, 0.29) is 0 Å². The van der Waals surface area contributed by atoms with Gasteiger partial charge in [0.1, 0.15) is 12.1 Å². The number of rotatable bonds is 4. The second kappa shape index (κ2) is 6.97. The summed E-state index contributed by atoms with van der Waals surface area (Å²) in [6.07, 6.45) is 7.64. The first-order chi connectivity index (χ1) is 11.9. The van der Waals surface area contributed by atoms with E-state index >= 15 is 0 Å². The van der Waals surface area contributed by atoms with Gasteiger partial charge in [-0.05, 0) is 49.2 Å². The van der Waals surface area contributed by atoms with E-state index in [4.69, 9.17) is 4.42 Å². The molecule has 0 aliphatic carbocycles. The van der Waals surface area contributed by atoms with Gasteiger partial charge in [0.15, 0.2) is 0 Å². The lowest BCUT2D eigenvalue weighted by Crippen LogP contribution is -2.34. The van der Waals surface area contributed by atoms with E-state index in [1.807, 2.05) is 24.4 Å². The maximum atomic E-state index is 5.51. The molecule has 4 nitrogen and oxygen atoms in total. The zero-order valence-corrected chi connectivity index (χ0v) is 13.6. The van der Waals surface area contributed by atoms with Crippen molar-refractivity contribution < 1.29 is 4.42 Å². The van der Waals surface area contributed by atoms with Crippen molar-refractivity contribution >= 4 is 0 Å². The fraction of sp³-hybridized carbons (Fsp3) is 0.300. The molecule has 0 spiro atoms. The van der Waals surface area contributed by atoms with Gasteiger partial charge in [-0.3, -0.25) is 4.90 Å². The van der Waals surface area contributed by atoms with Gasteiger partial charge < -0.3 is 4.42 Å². The Morgan fingerprint density at radius 3 is 3.00 bits per heavy atom. The fourth-order valence-corrected chi connectivity index (χ4v) is 3.51. The van der Waals surface area contributed by atoms with Gasteiger partial charge in [0.2, 0.25) is 0 Å². The molecule has 3 heterocycles.